The highest BCUT2D eigenvalue weighted by atomic mass is 16.5. The summed E-state index contributed by atoms with van der Waals surface area (Å²) in [5, 5.41) is 5.74. The molecular weight excluding hydrogens is 454 g/mol. The molecule has 184 valence electrons. The van der Waals surface area contributed by atoms with Gasteiger partial charge in [0.2, 0.25) is 5.95 Å². The lowest BCUT2D eigenvalue weighted by molar-refractivity contribution is -0.136. The molecular formula is C23H27N7O5. The van der Waals surface area contributed by atoms with E-state index in [1.54, 1.807) is 45.0 Å². The maximum Gasteiger partial charge on any atom is 0.295 e. The minimum Gasteiger partial charge on any atom is -0.444 e. The van der Waals surface area contributed by atoms with Crippen LogP contribution in [0.2, 0.25) is 0 Å². The number of carbonyl (C=O) groups excluding carboxylic acids is 3. The summed E-state index contributed by atoms with van der Waals surface area (Å²) in [7, 11) is 0. The number of aromatic nitrogens is 4. The normalized spacial score (nSPS) is 12.1. The first kappa shape index (κ1) is 25.3. The number of aromatic amines is 1. The Labute approximate surface area is 200 Å². The fraction of sp³-hybridized carbons (Fsp3) is 0.348. The molecule has 5 N–H and O–H groups in total. The van der Waals surface area contributed by atoms with E-state index in [-0.39, 0.29) is 48.8 Å². The average molecular weight is 482 g/mol. The molecule has 0 unspecified atom stereocenters. The number of hydrogen-bond donors (Lipinski definition) is 4. The van der Waals surface area contributed by atoms with Crippen LogP contribution in [0.25, 0.3) is 11.2 Å². The van der Waals surface area contributed by atoms with Crippen molar-refractivity contribution in [3.05, 3.63) is 52.1 Å². The molecule has 0 bridgehead atoms. The van der Waals surface area contributed by atoms with Gasteiger partial charge in [0, 0.05) is 29.5 Å². The van der Waals surface area contributed by atoms with E-state index in [2.05, 4.69) is 30.6 Å². The van der Waals surface area contributed by atoms with Crippen LogP contribution < -0.4 is 21.9 Å². The summed E-state index contributed by atoms with van der Waals surface area (Å²) in [5.74, 6) is -0.477. The SMILES string of the molecule is CC(C)(C)C(=O)CC[C@@H](NC(=O)c1ccc(NCc2cnc3nc(N)[nH]c(=O)c3n2)cc1)OC=O. The number of carbonyl (C=O) groups is 3. The molecule has 1 aromatic carbocycles. The second-order valence-corrected chi connectivity index (χ2v) is 8.82. The third-order valence-electron chi connectivity index (χ3n) is 5.09. The van der Waals surface area contributed by atoms with Crippen LogP contribution in [0.5, 0.6) is 0 Å². The van der Waals surface area contributed by atoms with Crippen LogP contribution in [0.15, 0.2) is 35.3 Å². The first-order valence-corrected chi connectivity index (χ1v) is 10.9. The average Bonchev–Trinajstić information content (AvgIpc) is 2.81. The van der Waals surface area contributed by atoms with Gasteiger partial charge in [-0.05, 0) is 24.3 Å². The number of ether oxygens (including phenoxy) is 1. The predicted octanol–water partition coefficient (Wildman–Crippen LogP) is 1.53. The van der Waals surface area contributed by atoms with E-state index in [9.17, 15) is 19.2 Å². The molecule has 0 aliphatic carbocycles. The number of hydrogen-bond acceptors (Lipinski definition) is 10. The van der Waals surface area contributed by atoms with Gasteiger partial charge >= 0.3 is 0 Å². The Hall–Kier alpha value is -4.35. The molecule has 0 aliphatic heterocycles. The Bertz CT molecular complexity index is 1280. The number of amides is 1. The van der Waals surface area contributed by atoms with E-state index < -0.39 is 23.1 Å². The summed E-state index contributed by atoms with van der Waals surface area (Å²) in [6.07, 6.45) is 0.917. The summed E-state index contributed by atoms with van der Waals surface area (Å²) < 4.78 is 4.93. The minimum absolute atomic E-state index is 0.00257. The standard InChI is InChI=1S/C23H27N7O5/c1-23(2,3)16(32)8-9-17(35-12-31)28-20(33)13-4-6-14(7-5-13)25-10-15-11-26-19-18(27-15)21(34)30-22(24)29-19/h4-7,11-12,17,25H,8-10H2,1-3H3,(H,28,33)(H3,24,26,29,30,34)/t17-/m0/s1. The van der Waals surface area contributed by atoms with Gasteiger partial charge in [0.15, 0.2) is 17.4 Å². The number of rotatable bonds is 10. The lowest BCUT2D eigenvalue weighted by Gasteiger charge is -2.20. The third-order valence-corrected chi connectivity index (χ3v) is 5.09. The highest BCUT2D eigenvalue weighted by molar-refractivity contribution is 5.94. The molecule has 3 rings (SSSR count). The van der Waals surface area contributed by atoms with Crippen LogP contribution >= 0.6 is 0 Å². The van der Waals surface area contributed by atoms with Gasteiger partial charge in [0.1, 0.15) is 5.78 Å². The van der Waals surface area contributed by atoms with Crippen molar-refractivity contribution >= 4 is 41.0 Å². The number of benzene rings is 1. The second-order valence-electron chi connectivity index (χ2n) is 8.82. The number of ketones is 1. The van der Waals surface area contributed by atoms with Gasteiger partial charge in [-0.2, -0.15) is 4.98 Å². The quantitative estimate of drug-likeness (QED) is 0.245. The Kier molecular flexibility index (Phi) is 7.74. The summed E-state index contributed by atoms with van der Waals surface area (Å²) in [5.41, 5.74) is 6.31. The van der Waals surface area contributed by atoms with E-state index >= 15 is 0 Å². The Morgan fingerprint density at radius 3 is 2.57 bits per heavy atom. The highest BCUT2D eigenvalue weighted by Gasteiger charge is 2.23. The zero-order valence-electron chi connectivity index (χ0n) is 19.6. The largest absolute Gasteiger partial charge is 0.444 e. The summed E-state index contributed by atoms with van der Waals surface area (Å²) >= 11 is 0. The van der Waals surface area contributed by atoms with Gasteiger partial charge in [0.25, 0.3) is 17.9 Å². The molecule has 2 heterocycles. The highest BCUT2D eigenvalue weighted by Crippen LogP contribution is 2.19. The first-order chi connectivity index (χ1) is 16.6. The maximum absolute atomic E-state index is 12.6. The van der Waals surface area contributed by atoms with Gasteiger partial charge in [-0.3, -0.25) is 24.2 Å². The van der Waals surface area contributed by atoms with Crippen molar-refractivity contribution in [2.24, 2.45) is 5.41 Å². The number of Topliss-reactive ketones (excluding diaryl/α,β-unsaturated/α-hetero) is 1. The summed E-state index contributed by atoms with van der Waals surface area (Å²) in [6.45, 7) is 5.93. The van der Waals surface area contributed by atoms with Gasteiger partial charge in [-0.15, -0.1) is 0 Å². The fourth-order valence-electron chi connectivity index (χ4n) is 3.10. The number of nitrogen functional groups attached to an aromatic ring is 1. The molecule has 2 aromatic heterocycles. The van der Waals surface area contributed by atoms with Crippen molar-refractivity contribution in [2.45, 2.75) is 46.4 Å². The molecule has 0 spiro atoms. The van der Waals surface area contributed by atoms with Gasteiger partial charge < -0.3 is 21.1 Å². The van der Waals surface area contributed by atoms with E-state index in [1.807, 2.05) is 0 Å². The van der Waals surface area contributed by atoms with Crippen molar-refractivity contribution in [3.8, 4) is 0 Å². The maximum atomic E-state index is 12.6. The Morgan fingerprint density at radius 2 is 1.91 bits per heavy atom. The summed E-state index contributed by atoms with van der Waals surface area (Å²) in [6, 6.07) is 6.58. The van der Waals surface area contributed by atoms with Crippen molar-refractivity contribution in [1.82, 2.24) is 25.3 Å². The predicted molar refractivity (Wildman–Crippen MR) is 128 cm³/mol. The lowest BCUT2D eigenvalue weighted by atomic mass is 9.88. The molecule has 0 saturated carbocycles. The number of H-pyrrole nitrogens is 1. The molecule has 1 amide bonds. The van der Waals surface area contributed by atoms with Crippen LogP contribution in [-0.2, 0) is 20.9 Å². The fourth-order valence-corrected chi connectivity index (χ4v) is 3.10. The molecule has 12 nitrogen and oxygen atoms in total. The number of fused-ring (bicyclic) bond motifs is 1. The smallest absolute Gasteiger partial charge is 0.295 e. The number of nitrogens with zero attached hydrogens (tertiary/aromatic N) is 3. The monoisotopic (exact) mass is 481 g/mol. The van der Waals surface area contributed by atoms with Gasteiger partial charge in [-0.1, -0.05) is 20.8 Å². The number of anilines is 2. The number of nitrogens with two attached hydrogens (primary N) is 1. The zero-order valence-corrected chi connectivity index (χ0v) is 19.6. The molecule has 12 heteroatoms. The van der Waals surface area contributed by atoms with E-state index in [1.165, 1.54) is 6.20 Å². The third kappa shape index (κ3) is 6.82. The van der Waals surface area contributed by atoms with Crippen molar-refractivity contribution in [2.75, 3.05) is 11.1 Å². The van der Waals surface area contributed by atoms with Crippen LogP contribution in [-0.4, -0.2) is 44.3 Å². The Balaban J connectivity index is 1.59. The molecule has 0 fully saturated rings. The molecule has 0 saturated heterocycles. The first-order valence-electron chi connectivity index (χ1n) is 10.9. The van der Waals surface area contributed by atoms with E-state index in [4.69, 9.17) is 10.5 Å². The molecule has 35 heavy (non-hydrogen) atoms. The summed E-state index contributed by atoms with van der Waals surface area (Å²) in [4.78, 5) is 62.2. The van der Waals surface area contributed by atoms with E-state index in [0.29, 0.717) is 16.9 Å². The van der Waals surface area contributed by atoms with Crippen LogP contribution in [0.3, 0.4) is 0 Å². The van der Waals surface area contributed by atoms with Gasteiger partial charge in [0.05, 0.1) is 18.4 Å². The van der Waals surface area contributed by atoms with Crippen LogP contribution in [0.1, 0.15) is 49.7 Å². The van der Waals surface area contributed by atoms with E-state index in [0.717, 1.165) is 0 Å². The molecule has 0 aliphatic rings. The number of nitrogens with one attached hydrogen (secondary N) is 3. The molecule has 1 atom stereocenters. The topological polar surface area (TPSA) is 182 Å². The molecule has 3 aromatic rings. The van der Waals surface area contributed by atoms with Crippen molar-refractivity contribution < 1.29 is 19.1 Å². The molecule has 0 radical (unpaired) electrons. The van der Waals surface area contributed by atoms with Crippen molar-refractivity contribution in [1.29, 1.82) is 0 Å². The second kappa shape index (κ2) is 10.7. The lowest BCUT2D eigenvalue weighted by Crippen LogP contribution is -2.37. The zero-order chi connectivity index (χ0) is 25.6. The Morgan fingerprint density at radius 1 is 1.20 bits per heavy atom. The van der Waals surface area contributed by atoms with Crippen LogP contribution in [0, 0.1) is 5.41 Å². The van der Waals surface area contributed by atoms with Gasteiger partial charge in [-0.25, -0.2) is 9.97 Å². The minimum atomic E-state index is -0.913. The van der Waals surface area contributed by atoms with Crippen molar-refractivity contribution in [3.63, 3.8) is 0 Å². The van der Waals surface area contributed by atoms with Crippen LogP contribution in [0.4, 0.5) is 11.6 Å².